The molecule has 2 aliphatic rings. The smallest absolute Gasteiger partial charge is 0.257 e. The highest BCUT2D eigenvalue weighted by Gasteiger charge is 2.30. The van der Waals surface area contributed by atoms with Crippen LogP contribution < -0.4 is 10.2 Å². The zero-order chi connectivity index (χ0) is 15.0. The van der Waals surface area contributed by atoms with Crippen LogP contribution in [0.2, 0.25) is 0 Å². The Kier molecular flexibility index (Phi) is 4.19. The van der Waals surface area contributed by atoms with Crippen molar-refractivity contribution in [1.29, 1.82) is 0 Å². The summed E-state index contributed by atoms with van der Waals surface area (Å²) in [7, 11) is 1.75. The number of nitrogens with one attached hydrogen (secondary N) is 1. The van der Waals surface area contributed by atoms with Crippen molar-refractivity contribution in [3.8, 4) is 0 Å². The van der Waals surface area contributed by atoms with Gasteiger partial charge in [-0.3, -0.25) is 4.79 Å². The predicted molar refractivity (Wildman–Crippen MR) is 84.5 cm³/mol. The molecule has 1 fully saturated rings. The molecule has 0 radical (unpaired) electrons. The van der Waals surface area contributed by atoms with Crippen molar-refractivity contribution in [1.82, 2.24) is 0 Å². The van der Waals surface area contributed by atoms with Gasteiger partial charge >= 0.3 is 0 Å². The Balaban J connectivity index is 1.78. The van der Waals surface area contributed by atoms with Crippen LogP contribution in [0.5, 0.6) is 0 Å². The number of anilines is 2. The predicted octanol–water partition coefficient (Wildman–Crippen LogP) is 2.30. The number of carbonyl (C=O) groups is 1. The first-order chi connectivity index (χ1) is 10.1. The van der Waals surface area contributed by atoms with Gasteiger partial charge in [0, 0.05) is 42.5 Å². The summed E-state index contributed by atoms with van der Waals surface area (Å²) in [6.07, 6.45) is 1.15. The molecular formula is C15H19BrN2O3. The highest BCUT2D eigenvalue weighted by atomic mass is 79.9. The van der Waals surface area contributed by atoms with Crippen molar-refractivity contribution in [3.63, 3.8) is 0 Å². The van der Waals surface area contributed by atoms with Crippen LogP contribution in [0.1, 0.15) is 24.5 Å². The van der Waals surface area contributed by atoms with Crippen LogP contribution in [0.25, 0.3) is 0 Å². The largest absolute Gasteiger partial charge is 0.384 e. The van der Waals surface area contributed by atoms with Crippen LogP contribution in [0.15, 0.2) is 16.6 Å². The maximum absolute atomic E-state index is 11.5. The molecule has 0 aliphatic carbocycles. The molecule has 5 nitrogen and oxygen atoms in total. The van der Waals surface area contributed by atoms with Gasteiger partial charge in [0.05, 0.1) is 5.69 Å². The second-order valence-corrected chi connectivity index (χ2v) is 6.52. The van der Waals surface area contributed by atoms with Gasteiger partial charge in [-0.1, -0.05) is 0 Å². The van der Waals surface area contributed by atoms with E-state index in [1.807, 2.05) is 12.1 Å². The molecule has 6 heteroatoms. The van der Waals surface area contributed by atoms with Gasteiger partial charge < -0.3 is 20.1 Å². The van der Waals surface area contributed by atoms with E-state index in [-0.39, 0.29) is 5.91 Å². The van der Waals surface area contributed by atoms with Crippen LogP contribution >= 0.6 is 15.9 Å². The number of nitrogens with zero attached hydrogens (tertiary/aromatic N) is 1. The van der Waals surface area contributed by atoms with Gasteiger partial charge in [-0.25, -0.2) is 0 Å². The second kappa shape index (κ2) is 5.94. The Labute approximate surface area is 132 Å². The summed E-state index contributed by atoms with van der Waals surface area (Å²) in [5.41, 5.74) is 2.42. The van der Waals surface area contributed by atoms with Gasteiger partial charge in [0.25, 0.3) is 5.91 Å². The fourth-order valence-electron chi connectivity index (χ4n) is 3.07. The lowest BCUT2D eigenvalue weighted by molar-refractivity contribution is -0.123. The Hall–Kier alpha value is -1.11. The van der Waals surface area contributed by atoms with Crippen LogP contribution in [0.3, 0.4) is 0 Å². The number of methoxy groups -OCH3 is 1. The van der Waals surface area contributed by atoms with E-state index < -0.39 is 6.10 Å². The third-order valence-corrected chi connectivity index (χ3v) is 4.91. The number of rotatable bonds is 3. The van der Waals surface area contributed by atoms with Gasteiger partial charge in [-0.15, -0.1) is 0 Å². The number of benzene rings is 1. The van der Waals surface area contributed by atoms with Gasteiger partial charge in [0.1, 0.15) is 0 Å². The highest BCUT2D eigenvalue weighted by Crippen LogP contribution is 2.40. The molecule has 1 saturated heterocycles. The quantitative estimate of drug-likeness (QED) is 0.874. The SMILES string of the molecule is COCC1CCN(c2cc3c(cc2Br)C(O)C(=O)N3)CC1. The van der Waals surface area contributed by atoms with Crippen molar-refractivity contribution in [3.05, 3.63) is 22.2 Å². The maximum atomic E-state index is 11.5. The lowest BCUT2D eigenvalue weighted by atomic mass is 9.97. The molecule has 1 aromatic rings. The van der Waals surface area contributed by atoms with E-state index in [9.17, 15) is 9.90 Å². The molecule has 1 atom stereocenters. The molecular weight excluding hydrogens is 336 g/mol. The molecule has 2 N–H and O–H groups in total. The fraction of sp³-hybridized carbons (Fsp3) is 0.533. The Morgan fingerprint density at radius 1 is 1.43 bits per heavy atom. The summed E-state index contributed by atoms with van der Waals surface area (Å²) in [5.74, 6) is 0.272. The topological polar surface area (TPSA) is 61.8 Å². The van der Waals surface area contributed by atoms with Crippen LogP contribution in [0, 0.1) is 5.92 Å². The van der Waals surface area contributed by atoms with E-state index in [1.165, 1.54) is 0 Å². The minimum Gasteiger partial charge on any atom is -0.384 e. The number of ether oxygens (including phenoxy) is 1. The number of piperidine rings is 1. The first-order valence-electron chi connectivity index (χ1n) is 7.16. The highest BCUT2D eigenvalue weighted by molar-refractivity contribution is 9.10. The third-order valence-electron chi connectivity index (χ3n) is 4.28. The van der Waals surface area contributed by atoms with Gasteiger partial charge in [0.15, 0.2) is 6.10 Å². The third kappa shape index (κ3) is 2.80. The van der Waals surface area contributed by atoms with Gasteiger partial charge in [-0.05, 0) is 46.8 Å². The standard InChI is InChI=1S/C15H19BrN2O3/c1-21-8-9-2-4-18(5-3-9)13-7-12-10(6-11(13)16)14(19)15(20)17-12/h6-7,9,14,19H,2-5,8H2,1H3,(H,17,20). The molecule has 3 rings (SSSR count). The van der Waals surface area contributed by atoms with Crippen LogP contribution in [-0.4, -0.2) is 37.8 Å². The Bertz CT molecular complexity index is 556. The number of aliphatic hydroxyl groups excluding tert-OH is 1. The first-order valence-corrected chi connectivity index (χ1v) is 7.95. The average Bonchev–Trinajstić information content (AvgIpc) is 2.75. The van der Waals surface area contributed by atoms with Crippen LogP contribution in [0.4, 0.5) is 11.4 Å². The lowest BCUT2D eigenvalue weighted by Crippen LogP contribution is -2.35. The lowest BCUT2D eigenvalue weighted by Gasteiger charge is -2.34. The fourth-order valence-corrected chi connectivity index (χ4v) is 3.68. The number of amides is 1. The molecule has 0 spiro atoms. The average molecular weight is 355 g/mol. The van der Waals surface area contributed by atoms with Crippen LogP contribution in [-0.2, 0) is 9.53 Å². The molecule has 2 heterocycles. The normalized spacial score (nSPS) is 22.3. The number of hydrogen-bond acceptors (Lipinski definition) is 4. The van der Waals surface area contributed by atoms with Crippen molar-refractivity contribution in [2.45, 2.75) is 18.9 Å². The number of aliphatic hydroxyl groups is 1. The molecule has 2 aliphatic heterocycles. The molecule has 1 unspecified atom stereocenters. The number of carbonyl (C=O) groups excluding carboxylic acids is 1. The summed E-state index contributed by atoms with van der Waals surface area (Å²) in [5, 5.41) is 12.5. The van der Waals surface area contributed by atoms with Crippen molar-refractivity contribution < 1.29 is 14.6 Å². The summed E-state index contributed by atoms with van der Waals surface area (Å²) in [4.78, 5) is 13.9. The summed E-state index contributed by atoms with van der Waals surface area (Å²) in [6.45, 7) is 2.77. The monoisotopic (exact) mass is 354 g/mol. The molecule has 0 bridgehead atoms. The maximum Gasteiger partial charge on any atom is 0.257 e. The van der Waals surface area contributed by atoms with E-state index in [0.717, 1.165) is 42.7 Å². The van der Waals surface area contributed by atoms with E-state index in [1.54, 1.807) is 7.11 Å². The number of halogens is 1. The zero-order valence-electron chi connectivity index (χ0n) is 11.9. The zero-order valence-corrected chi connectivity index (χ0v) is 13.5. The molecule has 0 saturated carbocycles. The Morgan fingerprint density at radius 2 is 2.14 bits per heavy atom. The van der Waals surface area contributed by atoms with E-state index >= 15 is 0 Å². The Morgan fingerprint density at radius 3 is 2.81 bits per heavy atom. The van der Waals surface area contributed by atoms with Gasteiger partial charge in [-0.2, -0.15) is 0 Å². The second-order valence-electron chi connectivity index (χ2n) is 5.67. The molecule has 114 valence electrons. The summed E-state index contributed by atoms with van der Waals surface area (Å²) >= 11 is 3.56. The minimum atomic E-state index is -1.06. The van der Waals surface area contributed by atoms with E-state index in [4.69, 9.17) is 4.74 Å². The minimum absolute atomic E-state index is 0.354. The molecule has 0 aromatic heterocycles. The van der Waals surface area contributed by atoms with Crippen molar-refractivity contribution >= 4 is 33.2 Å². The molecule has 1 amide bonds. The number of hydrogen-bond donors (Lipinski definition) is 2. The summed E-state index contributed by atoms with van der Waals surface area (Å²) in [6, 6.07) is 3.79. The van der Waals surface area contributed by atoms with E-state index in [2.05, 4.69) is 26.1 Å². The van der Waals surface area contributed by atoms with Gasteiger partial charge in [0.2, 0.25) is 0 Å². The first kappa shape index (κ1) is 14.8. The van der Waals surface area contributed by atoms with Crippen molar-refractivity contribution in [2.24, 2.45) is 5.92 Å². The van der Waals surface area contributed by atoms with Crippen molar-refractivity contribution in [2.75, 3.05) is 37.0 Å². The number of fused-ring (bicyclic) bond motifs is 1. The summed E-state index contributed by atoms with van der Waals surface area (Å²) < 4.78 is 6.15. The van der Waals surface area contributed by atoms with E-state index in [0.29, 0.717) is 17.2 Å². The molecule has 21 heavy (non-hydrogen) atoms. The molecule has 1 aromatic carbocycles.